The van der Waals surface area contributed by atoms with Gasteiger partial charge in [-0.25, -0.2) is 18.1 Å². The van der Waals surface area contributed by atoms with Crippen molar-refractivity contribution in [2.45, 2.75) is 18.9 Å². The largest absolute Gasteiger partial charge is 0.321 e. The van der Waals surface area contributed by atoms with Crippen molar-refractivity contribution < 1.29 is 8.78 Å². The quantitative estimate of drug-likeness (QED) is 0.799. The SMILES string of the molecule is CSN(C)CC1=CC(c2nc3cc(F)c(F)cc3n2C2CC2)=CNN1. The van der Waals surface area contributed by atoms with Crippen molar-refractivity contribution in [3.8, 4) is 0 Å². The number of halogens is 2. The Balaban J connectivity index is 1.78. The topological polar surface area (TPSA) is 45.1 Å². The summed E-state index contributed by atoms with van der Waals surface area (Å²) in [6, 6.07) is 2.72. The Hall–Kier alpha value is -2.06. The first-order valence-corrected chi connectivity index (χ1v) is 9.30. The van der Waals surface area contributed by atoms with Crippen LogP contribution in [0.5, 0.6) is 0 Å². The molecule has 0 bridgehead atoms. The molecule has 0 spiro atoms. The minimum atomic E-state index is -0.866. The number of likely N-dealkylation sites (N-methyl/N-ethyl adjacent to an activating group) is 1. The number of aromatic nitrogens is 2. The molecule has 1 saturated carbocycles. The molecule has 8 heteroatoms. The zero-order chi connectivity index (χ0) is 17.6. The molecule has 1 aromatic heterocycles. The number of fused-ring (bicyclic) bond motifs is 1. The Bertz CT molecular complexity index is 885. The summed E-state index contributed by atoms with van der Waals surface area (Å²) >= 11 is 1.64. The summed E-state index contributed by atoms with van der Waals surface area (Å²) < 4.78 is 31.5. The number of nitrogens with one attached hydrogen (secondary N) is 2. The summed E-state index contributed by atoms with van der Waals surface area (Å²) in [7, 11) is 2.01. The Morgan fingerprint density at radius 2 is 2.08 bits per heavy atom. The molecule has 4 rings (SSSR count). The van der Waals surface area contributed by atoms with E-state index in [1.165, 1.54) is 12.1 Å². The Morgan fingerprint density at radius 3 is 2.80 bits per heavy atom. The van der Waals surface area contributed by atoms with E-state index >= 15 is 0 Å². The van der Waals surface area contributed by atoms with E-state index in [4.69, 9.17) is 0 Å². The van der Waals surface area contributed by atoms with Crippen molar-refractivity contribution in [2.24, 2.45) is 0 Å². The summed E-state index contributed by atoms with van der Waals surface area (Å²) in [6.07, 6.45) is 7.93. The van der Waals surface area contributed by atoms with Gasteiger partial charge in [-0.05, 0) is 32.2 Å². The van der Waals surface area contributed by atoms with Crippen LogP contribution < -0.4 is 10.9 Å². The van der Waals surface area contributed by atoms with Gasteiger partial charge in [-0.1, -0.05) is 11.9 Å². The molecule has 0 radical (unpaired) electrons. The van der Waals surface area contributed by atoms with Gasteiger partial charge >= 0.3 is 0 Å². The van der Waals surface area contributed by atoms with Crippen LogP contribution in [0.4, 0.5) is 8.78 Å². The molecular formula is C17H19F2N5S. The molecule has 1 aliphatic heterocycles. The fourth-order valence-corrected chi connectivity index (χ4v) is 3.26. The second-order valence-electron chi connectivity index (χ2n) is 6.30. The summed E-state index contributed by atoms with van der Waals surface area (Å²) in [6.45, 7) is 0.735. The predicted octanol–water partition coefficient (Wildman–Crippen LogP) is 3.19. The van der Waals surface area contributed by atoms with Gasteiger partial charge in [0.2, 0.25) is 0 Å². The Kier molecular flexibility index (Phi) is 4.16. The first-order chi connectivity index (χ1) is 12.1. The lowest BCUT2D eigenvalue weighted by atomic mass is 10.2. The van der Waals surface area contributed by atoms with Crippen LogP contribution in [0.3, 0.4) is 0 Å². The average Bonchev–Trinajstić information content (AvgIpc) is 3.37. The zero-order valence-electron chi connectivity index (χ0n) is 14.0. The molecule has 2 aliphatic rings. The average molecular weight is 363 g/mol. The molecule has 1 aromatic carbocycles. The molecule has 2 aromatic rings. The minimum absolute atomic E-state index is 0.298. The van der Waals surface area contributed by atoms with E-state index in [2.05, 4.69) is 20.1 Å². The van der Waals surface area contributed by atoms with E-state index in [0.29, 0.717) is 17.1 Å². The van der Waals surface area contributed by atoms with Gasteiger partial charge in [0.25, 0.3) is 0 Å². The standard InChI is InChI=1S/C17H19F2N5S/c1-23(25-2)9-11-5-10(8-20-22-11)17-21-15-6-13(18)14(19)7-16(15)24(17)12-3-4-12/h5-8,12,20,22H,3-4,9H2,1-2H3. The normalized spacial score (nSPS) is 17.3. The number of benzene rings is 1. The fourth-order valence-electron chi connectivity index (χ4n) is 2.99. The second kappa shape index (κ2) is 6.34. The molecule has 5 nitrogen and oxygen atoms in total. The third-order valence-electron chi connectivity index (χ3n) is 4.40. The smallest absolute Gasteiger partial charge is 0.161 e. The van der Waals surface area contributed by atoms with Gasteiger partial charge in [-0.15, -0.1) is 0 Å². The molecule has 132 valence electrons. The van der Waals surface area contributed by atoms with Crippen molar-refractivity contribution in [3.05, 3.63) is 47.6 Å². The highest BCUT2D eigenvalue weighted by Crippen LogP contribution is 2.40. The van der Waals surface area contributed by atoms with Crippen molar-refractivity contribution in [1.29, 1.82) is 0 Å². The van der Waals surface area contributed by atoms with Crippen molar-refractivity contribution >= 4 is 28.6 Å². The number of imidazole rings is 1. The molecule has 0 unspecified atom stereocenters. The monoisotopic (exact) mass is 363 g/mol. The lowest BCUT2D eigenvalue weighted by molar-refractivity contribution is 0.510. The van der Waals surface area contributed by atoms with Crippen molar-refractivity contribution in [1.82, 2.24) is 24.7 Å². The van der Waals surface area contributed by atoms with E-state index < -0.39 is 11.6 Å². The molecule has 2 heterocycles. The third-order valence-corrected chi connectivity index (χ3v) is 5.15. The number of hydrogen-bond acceptors (Lipinski definition) is 5. The van der Waals surface area contributed by atoms with Gasteiger partial charge in [0.1, 0.15) is 5.82 Å². The van der Waals surface area contributed by atoms with Crippen LogP contribution in [-0.4, -0.2) is 33.7 Å². The van der Waals surface area contributed by atoms with E-state index in [1.807, 2.05) is 30.1 Å². The molecule has 25 heavy (non-hydrogen) atoms. The van der Waals surface area contributed by atoms with Crippen LogP contribution in [-0.2, 0) is 0 Å². The first-order valence-electron chi connectivity index (χ1n) is 8.11. The van der Waals surface area contributed by atoms with Gasteiger partial charge in [0.15, 0.2) is 11.6 Å². The predicted molar refractivity (Wildman–Crippen MR) is 96.4 cm³/mol. The molecule has 0 saturated heterocycles. The number of hydrogen-bond donors (Lipinski definition) is 2. The van der Waals surface area contributed by atoms with Crippen LogP contribution in [0, 0.1) is 11.6 Å². The molecule has 0 atom stereocenters. The van der Waals surface area contributed by atoms with Gasteiger partial charge in [-0.3, -0.25) is 0 Å². The van der Waals surface area contributed by atoms with Crippen LogP contribution in [0.1, 0.15) is 24.7 Å². The highest BCUT2D eigenvalue weighted by molar-refractivity contribution is 7.96. The van der Waals surface area contributed by atoms with Gasteiger partial charge < -0.3 is 15.4 Å². The fraction of sp³-hybridized carbons (Fsp3) is 0.353. The van der Waals surface area contributed by atoms with E-state index in [-0.39, 0.29) is 0 Å². The molecular weight excluding hydrogens is 344 g/mol. The zero-order valence-corrected chi connectivity index (χ0v) is 14.8. The maximum absolute atomic E-state index is 13.7. The number of allylic oxidation sites excluding steroid dienone is 2. The number of rotatable bonds is 5. The van der Waals surface area contributed by atoms with Crippen LogP contribution in [0.2, 0.25) is 0 Å². The summed E-state index contributed by atoms with van der Waals surface area (Å²) in [5, 5.41) is 0. The van der Waals surface area contributed by atoms with E-state index in [9.17, 15) is 8.78 Å². The molecule has 1 fully saturated rings. The first kappa shape index (κ1) is 16.4. The second-order valence-corrected chi connectivity index (χ2v) is 7.29. The van der Waals surface area contributed by atoms with Crippen LogP contribution in [0.25, 0.3) is 16.6 Å². The number of nitrogens with zero attached hydrogens (tertiary/aromatic N) is 3. The van der Waals surface area contributed by atoms with Gasteiger partial charge in [0, 0.05) is 35.6 Å². The third kappa shape index (κ3) is 3.11. The summed E-state index contributed by atoms with van der Waals surface area (Å²) in [5.74, 6) is -0.966. The summed E-state index contributed by atoms with van der Waals surface area (Å²) in [5.41, 5.74) is 9.20. The summed E-state index contributed by atoms with van der Waals surface area (Å²) in [4.78, 5) is 4.59. The van der Waals surface area contributed by atoms with Crippen molar-refractivity contribution in [3.63, 3.8) is 0 Å². The minimum Gasteiger partial charge on any atom is -0.321 e. The maximum Gasteiger partial charge on any atom is 0.161 e. The number of hydrazine groups is 1. The maximum atomic E-state index is 13.7. The van der Waals surface area contributed by atoms with Crippen LogP contribution in [0.15, 0.2) is 30.1 Å². The van der Waals surface area contributed by atoms with E-state index in [1.54, 1.807) is 11.9 Å². The lowest BCUT2D eigenvalue weighted by Gasteiger charge is -2.21. The highest BCUT2D eigenvalue weighted by Gasteiger charge is 2.30. The van der Waals surface area contributed by atoms with E-state index in [0.717, 1.165) is 36.5 Å². The van der Waals surface area contributed by atoms with Gasteiger partial charge in [0.05, 0.1) is 17.6 Å². The molecule has 0 amide bonds. The Morgan fingerprint density at radius 1 is 1.32 bits per heavy atom. The van der Waals surface area contributed by atoms with Gasteiger partial charge in [-0.2, -0.15) is 0 Å². The van der Waals surface area contributed by atoms with Crippen LogP contribution >= 0.6 is 11.9 Å². The molecule has 1 aliphatic carbocycles. The lowest BCUT2D eigenvalue weighted by Crippen LogP contribution is -2.33. The highest BCUT2D eigenvalue weighted by atomic mass is 32.2. The Labute approximate surface area is 148 Å². The van der Waals surface area contributed by atoms with Crippen molar-refractivity contribution in [2.75, 3.05) is 19.8 Å². The molecule has 2 N–H and O–H groups in total.